The quantitative estimate of drug-likeness (QED) is 0.606. The lowest BCUT2D eigenvalue weighted by molar-refractivity contribution is -0.159. The first-order valence-electron chi connectivity index (χ1n) is 9.66. The molecule has 3 unspecified atom stereocenters. The van der Waals surface area contributed by atoms with Crippen molar-refractivity contribution in [1.82, 2.24) is 4.90 Å². The molecular formula is C21H22N2O3. The molecule has 134 valence electrons. The van der Waals surface area contributed by atoms with Crippen molar-refractivity contribution < 1.29 is 14.3 Å². The molecule has 4 saturated heterocycles. The maximum absolute atomic E-state index is 12.0. The molecule has 7 rings (SSSR count). The van der Waals surface area contributed by atoms with Gasteiger partial charge in [0.2, 0.25) is 0 Å². The number of rotatable bonds is 2. The van der Waals surface area contributed by atoms with Crippen LogP contribution in [-0.2, 0) is 19.7 Å². The molecule has 1 aliphatic carbocycles. The fourth-order valence-corrected chi connectivity index (χ4v) is 7.28. The molecule has 5 nitrogen and oxygen atoms in total. The van der Waals surface area contributed by atoms with Crippen LogP contribution >= 0.6 is 0 Å². The third kappa shape index (κ3) is 1.44. The first-order chi connectivity index (χ1) is 12.6. The number of nitrogens with zero attached hydrogens (tertiary/aromatic N) is 2. The van der Waals surface area contributed by atoms with Crippen LogP contribution in [0.3, 0.4) is 0 Å². The number of ether oxygens (including phenoxy) is 1. The van der Waals surface area contributed by atoms with E-state index in [1.165, 1.54) is 18.2 Å². The van der Waals surface area contributed by atoms with E-state index in [9.17, 15) is 9.59 Å². The lowest BCUT2D eigenvalue weighted by Gasteiger charge is -2.60. The minimum Gasteiger partial charge on any atom is -0.461 e. The Balaban J connectivity index is 1.61. The third-order valence-corrected chi connectivity index (χ3v) is 7.91. The molecule has 26 heavy (non-hydrogen) atoms. The smallest absolute Gasteiger partial charge is 0.302 e. The number of aldehydes is 1. The SMILES string of the molecule is CC(=O)O[C@@H]1C2C3C[C@H]4C5=Nc6ccccc6[C@]51C[C@@H]2N4[C@@H](C)[C@@H]3C=O. The topological polar surface area (TPSA) is 59.0 Å². The summed E-state index contributed by atoms with van der Waals surface area (Å²) in [5, 5.41) is 0. The summed E-state index contributed by atoms with van der Waals surface area (Å²) in [4.78, 5) is 31.5. The van der Waals surface area contributed by atoms with Crippen LogP contribution in [0.15, 0.2) is 29.3 Å². The Bertz CT molecular complexity index is 880. The summed E-state index contributed by atoms with van der Waals surface area (Å²) >= 11 is 0. The summed E-state index contributed by atoms with van der Waals surface area (Å²) in [7, 11) is 0. The Morgan fingerprint density at radius 3 is 2.96 bits per heavy atom. The van der Waals surface area contributed by atoms with Gasteiger partial charge in [-0.15, -0.1) is 0 Å². The summed E-state index contributed by atoms with van der Waals surface area (Å²) < 4.78 is 6.04. The van der Waals surface area contributed by atoms with Gasteiger partial charge < -0.3 is 9.53 Å². The van der Waals surface area contributed by atoms with Crippen LogP contribution in [0, 0.1) is 17.8 Å². The second kappa shape index (κ2) is 4.63. The lowest BCUT2D eigenvalue weighted by atomic mass is 9.62. The van der Waals surface area contributed by atoms with Crippen molar-refractivity contribution in [3.63, 3.8) is 0 Å². The van der Waals surface area contributed by atoms with Gasteiger partial charge in [-0.1, -0.05) is 18.2 Å². The zero-order valence-corrected chi connectivity index (χ0v) is 15.0. The number of hydrogen-bond donors (Lipinski definition) is 0. The average Bonchev–Trinajstić information content (AvgIpc) is 3.08. The molecule has 5 heteroatoms. The molecule has 0 amide bonds. The minimum absolute atomic E-state index is 0.0235. The molecule has 0 aromatic heterocycles. The zero-order chi connectivity index (χ0) is 17.8. The highest BCUT2D eigenvalue weighted by Crippen LogP contribution is 2.67. The summed E-state index contributed by atoms with van der Waals surface area (Å²) in [6.45, 7) is 3.69. The standard InChI is InChI=1S/C21H22N2O3/c1-10-13(9-24)12-7-16-19-21(14-5-3-4-6-15(14)22-19)8-17(23(10)16)18(12)20(21)26-11(2)25/h3-6,9-10,12-13,16-18,20H,7-8H2,1-2H3/t10-,12?,13-,16-,17-,18?,20+,21+/m0/s1. The molecule has 1 spiro atoms. The summed E-state index contributed by atoms with van der Waals surface area (Å²) in [6.07, 6.45) is 2.85. The van der Waals surface area contributed by atoms with Crippen molar-refractivity contribution in [1.29, 1.82) is 0 Å². The first kappa shape index (κ1) is 15.1. The van der Waals surface area contributed by atoms with E-state index in [-0.39, 0.29) is 47.3 Å². The van der Waals surface area contributed by atoms with Crippen LogP contribution in [0.1, 0.15) is 32.3 Å². The molecule has 5 aliphatic heterocycles. The minimum atomic E-state index is -0.287. The number of piperidine rings is 4. The van der Waals surface area contributed by atoms with Gasteiger partial charge in [0.1, 0.15) is 12.4 Å². The van der Waals surface area contributed by atoms with Gasteiger partial charge in [0.15, 0.2) is 0 Å². The number of benzene rings is 1. The van der Waals surface area contributed by atoms with Gasteiger partial charge in [0.25, 0.3) is 0 Å². The molecule has 6 aliphatic rings. The molecule has 1 saturated carbocycles. The maximum atomic E-state index is 12.0. The van der Waals surface area contributed by atoms with E-state index in [0.717, 1.165) is 24.8 Å². The van der Waals surface area contributed by atoms with E-state index in [1.54, 1.807) is 0 Å². The second-order valence-corrected chi connectivity index (χ2v) is 8.68. The van der Waals surface area contributed by atoms with Gasteiger partial charge in [-0.25, -0.2) is 0 Å². The molecule has 5 fully saturated rings. The van der Waals surface area contributed by atoms with E-state index in [4.69, 9.17) is 9.73 Å². The Hall–Kier alpha value is -2.01. The van der Waals surface area contributed by atoms with Crippen LogP contribution in [0.25, 0.3) is 0 Å². The van der Waals surface area contributed by atoms with E-state index in [1.807, 2.05) is 6.07 Å². The average molecular weight is 350 g/mol. The fourth-order valence-electron chi connectivity index (χ4n) is 7.28. The maximum Gasteiger partial charge on any atom is 0.302 e. The molecule has 5 heterocycles. The van der Waals surface area contributed by atoms with Crippen LogP contribution in [0.2, 0.25) is 0 Å². The van der Waals surface area contributed by atoms with Crippen LogP contribution in [-0.4, -0.2) is 47.1 Å². The van der Waals surface area contributed by atoms with E-state index in [0.29, 0.717) is 6.04 Å². The number of esters is 1. The third-order valence-electron chi connectivity index (χ3n) is 7.91. The van der Waals surface area contributed by atoms with Crippen molar-refractivity contribution in [2.45, 2.75) is 56.3 Å². The highest BCUT2D eigenvalue weighted by Gasteiger charge is 2.75. The second-order valence-electron chi connectivity index (χ2n) is 8.68. The lowest BCUT2D eigenvalue weighted by Crippen LogP contribution is -2.69. The van der Waals surface area contributed by atoms with Crippen molar-refractivity contribution >= 4 is 23.7 Å². The first-order valence-corrected chi connectivity index (χ1v) is 9.66. The van der Waals surface area contributed by atoms with Crippen molar-refractivity contribution in [2.24, 2.45) is 22.7 Å². The largest absolute Gasteiger partial charge is 0.461 e. The molecule has 1 aromatic carbocycles. The van der Waals surface area contributed by atoms with Gasteiger partial charge >= 0.3 is 5.97 Å². The summed E-state index contributed by atoms with van der Waals surface area (Å²) in [5.74, 6) is 0.299. The Morgan fingerprint density at radius 2 is 2.19 bits per heavy atom. The van der Waals surface area contributed by atoms with Crippen molar-refractivity contribution in [3.8, 4) is 0 Å². The van der Waals surface area contributed by atoms with Gasteiger partial charge in [-0.3, -0.25) is 14.7 Å². The zero-order valence-electron chi connectivity index (χ0n) is 15.0. The van der Waals surface area contributed by atoms with Crippen LogP contribution < -0.4 is 0 Å². The fraction of sp³-hybridized carbons (Fsp3) is 0.571. The van der Waals surface area contributed by atoms with Crippen molar-refractivity contribution in [3.05, 3.63) is 29.8 Å². The number of fused-ring (bicyclic) bond motifs is 2. The monoisotopic (exact) mass is 350 g/mol. The molecule has 1 aromatic rings. The Morgan fingerprint density at radius 1 is 1.38 bits per heavy atom. The van der Waals surface area contributed by atoms with Gasteiger partial charge in [0, 0.05) is 30.8 Å². The van der Waals surface area contributed by atoms with Gasteiger partial charge in [0.05, 0.1) is 22.9 Å². The summed E-state index contributed by atoms with van der Waals surface area (Å²) in [5.41, 5.74) is 3.15. The van der Waals surface area contributed by atoms with E-state index >= 15 is 0 Å². The van der Waals surface area contributed by atoms with E-state index < -0.39 is 0 Å². The summed E-state index contributed by atoms with van der Waals surface area (Å²) in [6, 6.07) is 9.21. The molecular weight excluding hydrogens is 328 g/mol. The molecule has 9 atom stereocenters. The van der Waals surface area contributed by atoms with Crippen molar-refractivity contribution in [2.75, 3.05) is 0 Å². The van der Waals surface area contributed by atoms with Gasteiger partial charge in [-0.05, 0) is 37.3 Å². The predicted molar refractivity (Wildman–Crippen MR) is 95.4 cm³/mol. The molecule has 0 N–H and O–H groups in total. The number of aliphatic imine (C=N–C) groups is 1. The van der Waals surface area contributed by atoms with E-state index in [2.05, 4.69) is 30.0 Å². The molecule has 0 radical (unpaired) electrons. The van der Waals surface area contributed by atoms with Gasteiger partial charge in [-0.2, -0.15) is 0 Å². The van der Waals surface area contributed by atoms with Crippen LogP contribution in [0.5, 0.6) is 0 Å². The number of hydrogen-bond acceptors (Lipinski definition) is 5. The number of carbonyl (C=O) groups excluding carboxylic acids is 2. The highest BCUT2D eigenvalue weighted by atomic mass is 16.5. The normalized spacial score (nSPS) is 48.8. The number of para-hydroxylation sites is 1. The van der Waals surface area contributed by atoms with Crippen LogP contribution in [0.4, 0.5) is 5.69 Å². The Labute approximate surface area is 152 Å². The molecule has 5 bridgehead atoms. The predicted octanol–water partition coefficient (Wildman–Crippen LogP) is 2.25. The Kier molecular flexibility index (Phi) is 2.69. The number of carbonyl (C=O) groups is 2. The highest BCUT2D eigenvalue weighted by molar-refractivity contribution is 6.08.